The highest BCUT2D eigenvalue weighted by atomic mass is 35.5. The lowest BCUT2D eigenvalue weighted by Gasteiger charge is -2.13. The van der Waals surface area contributed by atoms with Gasteiger partial charge in [-0.25, -0.2) is 0 Å². The molecular weight excluding hydrogens is 280 g/mol. The van der Waals surface area contributed by atoms with Gasteiger partial charge >= 0.3 is 11.8 Å². The first-order valence-electron chi connectivity index (χ1n) is 6.50. The van der Waals surface area contributed by atoms with E-state index in [1.54, 1.807) is 12.1 Å². The lowest BCUT2D eigenvalue weighted by atomic mass is 10.1. The first kappa shape index (κ1) is 16.5. The number of hydrogen-bond acceptors (Lipinski definition) is 3. The molecular formula is C14H19ClN2O3. The molecule has 0 aromatic heterocycles. The molecule has 1 aromatic carbocycles. The van der Waals surface area contributed by atoms with Crippen LogP contribution < -0.4 is 10.6 Å². The molecule has 0 aliphatic carbocycles. The third-order valence-corrected chi connectivity index (χ3v) is 3.12. The number of rotatable bonds is 6. The van der Waals surface area contributed by atoms with Gasteiger partial charge in [0, 0.05) is 11.6 Å². The van der Waals surface area contributed by atoms with Crippen molar-refractivity contribution >= 4 is 23.4 Å². The van der Waals surface area contributed by atoms with Gasteiger partial charge in [-0.05, 0) is 30.5 Å². The Morgan fingerprint density at radius 1 is 1.25 bits per heavy atom. The van der Waals surface area contributed by atoms with E-state index in [1.165, 1.54) is 0 Å². The van der Waals surface area contributed by atoms with Gasteiger partial charge in [0.25, 0.3) is 0 Å². The monoisotopic (exact) mass is 298 g/mol. The number of carbonyl (C=O) groups is 2. The molecule has 0 radical (unpaired) electrons. The van der Waals surface area contributed by atoms with E-state index in [1.807, 2.05) is 19.1 Å². The minimum absolute atomic E-state index is 0.180. The van der Waals surface area contributed by atoms with Crippen LogP contribution in [0.15, 0.2) is 24.3 Å². The summed E-state index contributed by atoms with van der Waals surface area (Å²) in [5, 5.41) is 14.6. The molecule has 0 spiro atoms. The number of carbonyl (C=O) groups excluding carboxylic acids is 2. The molecule has 0 aliphatic heterocycles. The van der Waals surface area contributed by atoms with E-state index in [-0.39, 0.29) is 12.6 Å². The van der Waals surface area contributed by atoms with Gasteiger partial charge in [-0.3, -0.25) is 9.59 Å². The fourth-order valence-electron chi connectivity index (χ4n) is 1.58. The van der Waals surface area contributed by atoms with Crippen LogP contribution in [-0.4, -0.2) is 36.1 Å². The van der Waals surface area contributed by atoms with Gasteiger partial charge in [0.1, 0.15) is 0 Å². The molecule has 1 atom stereocenters. The summed E-state index contributed by atoms with van der Waals surface area (Å²) < 4.78 is 0. The zero-order chi connectivity index (χ0) is 15.0. The number of aliphatic hydroxyl groups excluding tert-OH is 1. The number of halogens is 1. The normalized spacial score (nSPS) is 11.8. The van der Waals surface area contributed by atoms with E-state index in [4.69, 9.17) is 16.7 Å². The number of hydrogen-bond donors (Lipinski definition) is 3. The summed E-state index contributed by atoms with van der Waals surface area (Å²) in [5.41, 5.74) is 1.02. The minimum Gasteiger partial charge on any atom is -0.394 e. The number of aliphatic hydroxyl groups is 1. The molecule has 0 bridgehead atoms. The molecule has 5 nitrogen and oxygen atoms in total. The lowest BCUT2D eigenvalue weighted by molar-refractivity contribution is -0.139. The fourth-order valence-corrected chi connectivity index (χ4v) is 1.71. The van der Waals surface area contributed by atoms with Crippen LogP contribution >= 0.6 is 11.6 Å². The third-order valence-electron chi connectivity index (χ3n) is 2.87. The second-order valence-electron chi connectivity index (χ2n) is 4.39. The van der Waals surface area contributed by atoms with Crippen molar-refractivity contribution in [2.24, 2.45) is 0 Å². The Labute approximate surface area is 123 Å². The molecule has 2 amide bonds. The number of nitrogens with one attached hydrogen (secondary N) is 2. The Balaban J connectivity index is 2.32. The van der Waals surface area contributed by atoms with Crippen molar-refractivity contribution in [1.82, 2.24) is 10.6 Å². The first-order valence-corrected chi connectivity index (χ1v) is 6.88. The summed E-state index contributed by atoms with van der Waals surface area (Å²) in [6.45, 7) is 2.00. The SMILES string of the molecule is CC[C@H](CO)NC(=O)C(=O)NCCc1ccc(Cl)cc1. The van der Waals surface area contributed by atoms with E-state index < -0.39 is 11.8 Å². The van der Waals surface area contributed by atoms with Gasteiger partial charge in [0.15, 0.2) is 0 Å². The highest BCUT2D eigenvalue weighted by molar-refractivity contribution is 6.35. The Kier molecular flexibility index (Phi) is 7.04. The highest BCUT2D eigenvalue weighted by Crippen LogP contribution is 2.09. The van der Waals surface area contributed by atoms with Crippen LogP contribution in [0.1, 0.15) is 18.9 Å². The predicted molar refractivity (Wildman–Crippen MR) is 77.5 cm³/mol. The number of benzene rings is 1. The first-order chi connectivity index (χ1) is 9.56. The molecule has 0 aliphatic rings. The van der Waals surface area contributed by atoms with Crippen LogP contribution in [-0.2, 0) is 16.0 Å². The van der Waals surface area contributed by atoms with Gasteiger partial charge in [-0.2, -0.15) is 0 Å². The van der Waals surface area contributed by atoms with Crippen LogP contribution in [0.5, 0.6) is 0 Å². The van der Waals surface area contributed by atoms with Crippen molar-refractivity contribution in [2.45, 2.75) is 25.8 Å². The lowest BCUT2D eigenvalue weighted by Crippen LogP contribution is -2.46. The van der Waals surface area contributed by atoms with Crippen molar-refractivity contribution in [3.05, 3.63) is 34.9 Å². The summed E-state index contributed by atoms with van der Waals surface area (Å²) in [5.74, 6) is -1.41. The summed E-state index contributed by atoms with van der Waals surface area (Å²) in [6.07, 6.45) is 1.19. The Morgan fingerprint density at radius 3 is 2.45 bits per heavy atom. The average Bonchev–Trinajstić information content (AvgIpc) is 2.46. The number of amides is 2. The smallest absolute Gasteiger partial charge is 0.309 e. The van der Waals surface area contributed by atoms with Gasteiger partial charge < -0.3 is 15.7 Å². The maximum atomic E-state index is 11.5. The van der Waals surface area contributed by atoms with Crippen LogP contribution in [0.2, 0.25) is 5.02 Å². The van der Waals surface area contributed by atoms with Gasteiger partial charge in [-0.1, -0.05) is 30.7 Å². The molecule has 1 rings (SSSR count). The van der Waals surface area contributed by atoms with Crippen LogP contribution in [0.3, 0.4) is 0 Å². The molecule has 0 saturated carbocycles. The molecule has 6 heteroatoms. The van der Waals surface area contributed by atoms with Crippen LogP contribution in [0.4, 0.5) is 0 Å². The fraction of sp³-hybridized carbons (Fsp3) is 0.429. The molecule has 0 saturated heterocycles. The van der Waals surface area contributed by atoms with Gasteiger partial charge in [0.05, 0.1) is 12.6 Å². The van der Waals surface area contributed by atoms with Crippen molar-refractivity contribution < 1.29 is 14.7 Å². The van der Waals surface area contributed by atoms with Gasteiger partial charge in [0.2, 0.25) is 0 Å². The third kappa shape index (κ3) is 5.59. The van der Waals surface area contributed by atoms with Crippen LogP contribution in [0, 0.1) is 0 Å². The zero-order valence-electron chi connectivity index (χ0n) is 11.4. The van der Waals surface area contributed by atoms with E-state index in [2.05, 4.69) is 10.6 Å². The van der Waals surface area contributed by atoms with E-state index in [9.17, 15) is 9.59 Å². The summed E-state index contributed by atoms with van der Waals surface area (Å²) in [4.78, 5) is 23.0. The Morgan fingerprint density at radius 2 is 1.90 bits per heavy atom. The molecule has 20 heavy (non-hydrogen) atoms. The van der Waals surface area contributed by atoms with Crippen LogP contribution in [0.25, 0.3) is 0 Å². The molecule has 0 unspecified atom stereocenters. The topological polar surface area (TPSA) is 78.4 Å². The summed E-state index contributed by atoms with van der Waals surface area (Å²) in [6, 6.07) is 6.90. The van der Waals surface area contributed by atoms with E-state index in [0.717, 1.165) is 5.56 Å². The van der Waals surface area contributed by atoms with E-state index >= 15 is 0 Å². The minimum atomic E-state index is -0.720. The van der Waals surface area contributed by atoms with Crippen molar-refractivity contribution in [3.63, 3.8) is 0 Å². The maximum absolute atomic E-state index is 11.5. The second-order valence-corrected chi connectivity index (χ2v) is 4.83. The summed E-state index contributed by atoms with van der Waals surface area (Å²) in [7, 11) is 0. The Bertz CT molecular complexity index is 444. The van der Waals surface area contributed by atoms with Crippen molar-refractivity contribution in [1.29, 1.82) is 0 Å². The average molecular weight is 299 g/mol. The van der Waals surface area contributed by atoms with Crippen molar-refractivity contribution in [2.75, 3.05) is 13.2 Å². The second kappa shape index (κ2) is 8.55. The van der Waals surface area contributed by atoms with E-state index in [0.29, 0.717) is 24.4 Å². The standard InChI is InChI=1S/C14H19ClN2O3/c1-2-12(9-18)17-14(20)13(19)16-8-7-10-3-5-11(15)6-4-10/h3-6,12,18H,2,7-9H2,1H3,(H,16,19)(H,17,20)/t12-/m1/s1. The molecule has 1 aromatic rings. The highest BCUT2D eigenvalue weighted by Gasteiger charge is 2.16. The maximum Gasteiger partial charge on any atom is 0.309 e. The van der Waals surface area contributed by atoms with Gasteiger partial charge in [-0.15, -0.1) is 0 Å². The quantitative estimate of drug-likeness (QED) is 0.682. The zero-order valence-corrected chi connectivity index (χ0v) is 12.1. The summed E-state index contributed by atoms with van der Waals surface area (Å²) >= 11 is 5.77. The largest absolute Gasteiger partial charge is 0.394 e. The molecule has 0 fully saturated rings. The molecule has 3 N–H and O–H groups in total. The van der Waals surface area contributed by atoms with Crippen molar-refractivity contribution in [3.8, 4) is 0 Å². The Hall–Kier alpha value is -1.59. The molecule has 0 heterocycles. The predicted octanol–water partition coefficient (Wildman–Crippen LogP) is 0.886. The molecule has 110 valence electrons.